The molecule has 1 aliphatic rings. The summed E-state index contributed by atoms with van der Waals surface area (Å²) in [5.74, 6) is 0.763. The summed E-state index contributed by atoms with van der Waals surface area (Å²) < 4.78 is 11.4. The van der Waals surface area contributed by atoms with Crippen molar-refractivity contribution in [2.45, 2.75) is 19.6 Å². The van der Waals surface area contributed by atoms with Gasteiger partial charge in [0.05, 0.1) is 6.61 Å². The number of halogens is 1. The zero-order chi connectivity index (χ0) is 13.7. The highest BCUT2D eigenvalue weighted by atomic mass is 35.5. The van der Waals surface area contributed by atoms with Crippen molar-refractivity contribution in [3.8, 4) is 5.75 Å². The van der Waals surface area contributed by atoms with Gasteiger partial charge in [0.15, 0.2) is 0 Å². The molecule has 1 aliphatic heterocycles. The monoisotopic (exact) mass is 284 g/mol. The molecule has 1 aromatic carbocycles. The molecule has 0 amide bonds. The Morgan fingerprint density at radius 1 is 1.53 bits per heavy atom. The van der Waals surface area contributed by atoms with Gasteiger partial charge in [-0.05, 0) is 24.2 Å². The Morgan fingerprint density at radius 2 is 2.37 bits per heavy atom. The number of rotatable bonds is 5. The lowest BCUT2D eigenvalue weighted by Gasteiger charge is -2.31. The summed E-state index contributed by atoms with van der Waals surface area (Å²) in [6.45, 7) is 6.90. The second kappa shape index (κ2) is 7.10. The average molecular weight is 285 g/mol. The summed E-state index contributed by atoms with van der Waals surface area (Å²) in [4.78, 5) is 2.36. The number of hydrogen-bond donors (Lipinski definition) is 1. The molecule has 0 bridgehead atoms. The van der Waals surface area contributed by atoms with Crippen LogP contribution >= 0.6 is 11.6 Å². The van der Waals surface area contributed by atoms with Crippen LogP contribution in [-0.2, 0) is 11.3 Å². The third kappa shape index (κ3) is 4.08. The number of benzene rings is 1. The van der Waals surface area contributed by atoms with Crippen molar-refractivity contribution in [2.75, 3.05) is 32.8 Å². The first-order valence-corrected chi connectivity index (χ1v) is 7.06. The van der Waals surface area contributed by atoms with Gasteiger partial charge >= 0.3 is 0 Å². The Balaban J connectivity index is 1.86. The molecule has 1 saturated heterocycles. The third-order valence-electron chi connectivity index (χ3n) is 3.35. The summed E-state index contributed by atoms with van der Waals surface area (Å²) in [7, 11) is 0. The highest BCUT2D eigenvalue weighted by Gasteiger charge is 2.19. The van der Waals surface area contributed by atoms with Crippen molar-refractivity contribution in [3.05, 3.63) is 28.8 Å². The van der Waals surface area contributed by atoms with E-state index in [4.69, 9.17) is 26.8 Å². The first-order chi connectivity index (χ1) is 9.22. The van der Waals surface area contributed by atoms with Crippen molar-refractivity contribution >= 4 is 11.6 Å². The fourth-order valence-electron chi connectivity index (χ4n) is 2.14. The minimum Gasteiger partial charge on any atom is -0.491 e. The molecule has 1 fully saturated rings. The number of nitrogens with two attached hydrogens (primary N) is 1. The van der Waals surface area contributed by atoms with E-state index in [0.29, 0.717) is 18.2 Å². The summed E-state index contributed by atoms with van der Waals surface area (Å²) in [6, 6.07) is 5.61. The van der Waals surface area contributed by atoms with Crippen LogP contribution in [0.5, 0.6) is 5.75 Å². The zero-order valence-corrected chi connectivity index (χ0v) is 12.0. The van der Waals surface area contributed by atoms with Crippen LogP contribution < -0.4 is 10.5 Å². The van der Waals surface area contributed by atoms with Crippen LogP contribution in [0.4, 0.5) is 0 Å². The van der Waals surface area contributed by atoms with Gasteiger partial charge in [-0.2, -0.15) is 0 Å². The van der Waals surface area contributed by atoms with Crippen LogP contribution in [-0.4, -0.2) is 43.9 Å². The van der Waals surface area contributed by atoms with Crippen molar-refractivity contribution in [1.29, 1.82) is 0 Å². The Bertz CT molecular complexity index is 414. The zero-order valence-electron chi connectivity index (χ0n) is 11.3. The maximum atomic E-state index is 6.10. The van der Waals surface area contributed by atoms with Crippen LogP contribution in [0, 0.1) is 0 Å². The van der Waals surface area contributed by atoms with Crippen molar-refractivity contribution in [1.82, 2.24) is 4.90 Å². The van der Waals surface area contributed by atoms with Crippen molar-refractivity contribution in [2.24, 2.45) is 5.73 Å². The van der Waals surface area contributed by atoms with E-state index in [1.807, 2.05) is 18.2 Å². The van der Waals surface area contributed by atoms with E-state index in [0.717, 1.165) is 37.6 Å². The van der Waals surface area contributed by atoms with E-state index in [-0.39, 0.29) is 6.10 Å². The first kappa shape index (κ1) is 14.6. The molecule has 106 valence electrons. The lowest BCUT2D eigenvalue weighted by molar-refractivity contribution is -0.0464. The molecular formula is C14H21ClN2O2. The van der Waals surface area contributed by atoms with Gasteiger partial charge in [0.1, 0.15) is 18.5 Å². The van der Waals surface area contributed by atoms with Crippen LogP contribution in [0.25, 0.3) is 0 Å². The Labute approximate surface area is 119 Å². The molecule has 1 heterocycles. The molecule has 1 atom stereocenters. The molecule has 4 nitrogen and oxygen atoms in total. The van der Waals surface area contributed by atoms with E-state index >= 15 is 0 Å². The molecule has 0 saturated carbocycles. The smallest absolute Gasteiger partial charge is 0.120 e. The quantitative estimate of drug-likeness (QED) is 0.897. The largest absolute Gasteiger partial charge is 0.491 e. The SMILES string of the molecule is CCN1CCOC(COc2ccc(CN)c(Cl)c2)C1. The van der Waals surface area contributed by atoms with E-state index in [2.05, 4.69) is 11.8 Å². The maximum absolute atomic E-state index is 6.10. The van der Waals surface area contributed by atoms with Gasteiger partial charge in [0.25, 0.3) is 0 Å². The maximum Gasteiger partial charge on any atom is 0.120 e. The van der Waals surface area contributed by atoms with Gasteiger partial charge in [-0.25, -0.2) is 0 Å². The van der Waals surface area contributed by atoms with Gasteiger partial charge in [-0.3, -0.25) is 4.90 Å². The number of nitrogens with zero attached hydrogens (tertiary/aromatic N) is 1. The second-order valence-electron chi connectivity index (χ2n) is 4.65. The Morgan fingerprint density at radius 3 is 3.05 bits per heavy atom. The van der Waals surface area contributed by atoms with Gasteiger partial charge in [0.2, 0.25) is 0 Å². The molecule has 2 N–H and O–H groups in total. The van der Waals surface area contributed by atoms with Crippen molar-refractivity contribution in [3.63, 3.8) is 0 Å². The summed E-state index contributed by atoms with van der Waals surface area (Å²) in [5.41, 5.74) is 6.50. The fourth-order valence-corrected chi connectivity index (χ4v) is 2.39. The summed E-state index contributed by atoms with van der Waals surface area (Å²) >= 11 is 6.10. The summed E-state index contributed by atoms with van der Waals surface area (Å²) in [5, 5.41) is 0.653. The fraction of sp³-hybridized carbons (Fsp3) is 0.571. The minimum absolute atomic E-state index is 0.127. The van der Waals surface area contributed by atoms with E-state index in [1.165, 1.54) is 0 Å². The van der Waals surface area contributed by atoms with Crippen LogP contribution in [0.2, 0.25) is 5.02 Å². The average Bonchev–Trinajstić information content (AvgIpc) is 2.45. The van der Waals surface area contributed by atoms with Gasteiger partial charge < -0.3 is 15.2 Å². The number of hydrogen-bond acceptors (Lipinski definition) is 4. The van der Waals surface area contributed by atoms with Gasteiger partial charge in [-0.1, -0.05) is 24.6 Å². The van der Waals surface area contributed by atoms with Crippen LogP contribution in [0.1, 0.15) is 12.5 Å². The molecular weight excluding hydrogens is 264 g/mol. The lowest BCUT2D eigenvalue weighted by atomic mass is 10.2. The van der Waals surface area contributed by atoms with E-state index in [9.17, 15) is 0 Å². The van der Waals surface area contributed by atoms with Crippen LogP contribution in [0.15, 0.2) is 18.2 Å². The molecule has 19 heavy (non-hydrogen) atoms. The van der Waals surface area contributed by atoms with Crippen molar-refractivity contribution < 1.29 is 9.47 Å². The molecule has 0 aliphatic carbocycles. The first-order valence-electron chi connectivity index (χ1n) is 6.68. The van der Waals surface area contributed by atoms with Crippen LogP contribution in [0.3, 0.4) is 0 Å². The highest BCUT2D eigenvalue weighted by molar-refractivity contribution is 6.31. The minimum atomic E-state index is 0.127. The normalized spacial score (nSPS) is 20.5. The summed E-state index contributed by atoms with van der Waals surface area (Å²) in [6.07, 6.45) is 0.127. The molecule has 0 aromatic heterocycles. The predicted molar refractivity (Wildman–Crippen MR) is 76.7 cm³/mol. The molecule has 0 radical (unpaired) electrons. The van der Waals surface area contributed by atoms with E-state index < -0.39 is 0 Å². The highest BCUT2D eigenvalue weighted by Crippen LogP contribution is 2.22. The topological polar surface area (TPSA) is 47.7 Å². The van der Waals surface area contributed by atoms with Gasteiger partial charge in [-0.15, -0.1) is 0 Å². The molecule has 0 spiro atoms. The number of ether oxygens (including phenoxy) is 2. The van der Waals surface area contributed by atoms with Gasteiger partial charge in [0, 0.05) is 24.7 Å². The second-order valence-corrected chi connectivity index (χ2v) is 5.06. The number of likely N-dealkylation sites (N-methyl/N-ethyl adjacent to an activating group) is 1. The Kier molecular flexibility index (Phi) is 5.45. The molecule has 1 unspecified atom stereocenters. The van der Waals surface area contributed by atoms with E-state index in [1.54, 1.807) is 0 Å². The third-order valence-corrected chi connectivity index (χ3v) is 3.70. The Hall–Kier alpha value is -0.810. The lowest BCUT2D eigenvalue weighted by Crippen LogP contribution is -2.44. The standard InChI is InChI=1S/C14H21ClN2O2/c1-2-17-5-6-18-13(9-17)10-19-12-4-3-11(8-16)14(15)7-12/h3-4,7,13H,2,5-6,8-10,16H2,1H3. The molecule has 2 rings (SSSR count). The predicted octanol–water partition coefficient (Wildman–Crippen LogP) is 1.90. The number of morpholine rings is 1. The molecule has 1 aromatic rings. The molecule has 5 heteroatoms.